The van der Waals surface area contributed by atoms with Crippen molar-refractivity contribution >= 4 is 15.9 Å². The molecular formula is C20H22N4O6S. The molecule has 0 radical (unpaired) electrons. The van der Waals surface area contributed by atoms with Gasteiger partial charge in [-0.2, -0.15) is 4.98 Å². The molecule has 0 unspecified atom stereocenters. The van der Waals surface area contributed by atoms with E-state index in [0.717, 1.165) is 10.1 Å². The summed E-state index contributed by atoms with van der Waals surface area (Å²) in [5.74, 6) is 1.49. The molecule has 3 aromatic rings. The first-order valence-corrected chi connectivity index (χ1v) is 10.6. The van der Waals surface area contributed by atoms with Gasteiger partial charge >= 0.3 is 0 Å². The molecule has 0 atom stereocenters. The van der Waals surface area contributed by atoms with E-state index in [2.05, 4.69) is 15.5 Å². The molecule has 1 amide bonds. The Labute approximate surface area is 179 Å². The molecule has 0 fully saturated rings. The van der Waals surface area contributed by atoms with E-state index in [1.807, 2.05) is 0 Å². The summed E-state index contributed by atoms with van der Waals surface area (Å²) < 4.78 is 41.0. The summed E-state index contributed by atoms with van der Waals surface area (Å²) in [7, 11) is 0.915. The quantitative estimate of drug-likeness (QED) is 0.528. The first kappa shape index (κ1) is 22.2. The molecule has 1 N–H and O–H groups in total. The number of amides is 1. The minimum absolute atomic E-state index is 0.0200. The van der Waals surface area contributed by atoms with Crippen molar-refractivity contribution in [1.82, 2.24) is 19.8 Å². The predicted octanol–water partition coefficient (Wildman–Crippen LogP) is 1.84. The van der Waals surface area contributed by atoms with Gasteiger partial charge in [0.25, 0.3) is 5.91 Å². The lowest BCUT2D eigenvalue weighted by atomic mass is 10.2. The zero-order valence-corrected chi connectivity index (χ0v) is 18.0. The second kappa shape index (κ2) is 9.58. The molecule has 31 heavy (non-hydrogen) atoms. The van der Waals surface area contributed by atoms with Crippen molar-refractivity contribution in [2.45, 2.75) is 18.0 Å². The number of hydrogen-bond acceptors (Lipinski definition) is 8. The van der Waals surface area contributed by atoms with Crippen LogP contribution in [0.1, 0.15) is 22.1 Å². The lowest BCUT2D eigenvalue weighted by Crippen LogP contribution is -2.24. The van der Waals surface area contributed by atoms with E-state index < -0.39 is 15.9 Å². The molecule has 0 aliphatic carbocycles. The maximum absolute atomic E-state index is 12.3. The Morgan fingerprint density at radius 3 is 2.32 bits per heavy atom. The highest BCUT2D eigenvalue weighted by atomic mass is 32.2. The Hall–Kier alpha value is -3.44. The van der Waals surface area contributed by atoms with Crippen LogP contribution < -0.4 is 14.8 Å². The topological polar surface area (TPSA) is 124 Å². The summed E-state index contributed by atoms with van der Waals surface area (Å²) in [6.45, 7) is 0.123. The smallest absolute Gasteiger partial charge is 0.251 e. The monoisotopic (exact) mass is 446 g/mol. The van der Waals surface area contributed by atoms with Crippen LogP contribution in [0.3, 0.4) is 0 Å². The van der Waals surface area contributed by atoms with Gasteiger partial charge in [-0.25, -0.2) is 12.7 Å². The molecule has 0 saturated heterocycles. The Kier molecular flexibility index (Phi) is 6.88. The van der Waals surface area contributed by atoms with Crippen LogP contribution in [0.15, 0.2) is 57.9 Å². The number of hydrogen-bond donors (Lipinski definition) is 1. The van der Waals surface area contributed by atoms with Gasteiger partial charge in [0, 0.05) is 19.7 Å². The molecule has 0 spiro atoms. The fourth-order valence-electron chi connectivity index (χ4n) is 2.49. The summed E-state index contributed by atoms with van der Waals surface area (Å²) in [6, 6.07) is 12.7. The van der Waals surface area contributed by atoms with Gasteiger partial charge in [-0.15, -0.1) is 0 Å². The zero-order valence-electron chi connectivity index (χ0n) is 17.2. The molecule has 10 nitrogen and oxygen atoms in total. The largest absolute Gasteiger partial charge is 0.497 e. The molecule has 1 aromatic heterocycles. The number of nitrogens with one attached hydrogen (secondary N) is 1. The third-order valence-corrected chi connectivity index (χ3v) is 6.06. The number of carbonyl (C=O) groups is 1. The van der Waals surface area contributed by atoms with Gasteiger partial charge in [-0.05, 0) is 48.5 Å². The van der Waals surface area contributed by atoms with Crippen LogP contribution in [-0.2, 0) is 23.2 Å². The molecule has 0 bridgehead atoms. The number of rotatable bonds is 9. The SMILES string of the molecule is COc1ccc(OCc2noc(CNC(=O)c3ccc(S(=O)(=O)N(C)C)cc3)n2)cc1. The highest BCUT2D eigenvalue weighted by Gasteiger charge is 2.17. The van der Waals surface area contributed by atoms with Gasteiger partial charge in [0.2, 0.25) is 21.7 Å². The lowest BCUT2D eigenvalue weighted by Gasteiger charge is -2.11. The fraction of sp³-hybridized carbons (Fsp3) is 0.250. The van der Waals surface area contributed by atoms with E-state index in [9.17, 15) is 13.2 Å². The molecule has 164 valence electrons. The van der Waals surface area contributed by atoms with Crippen molar-refractivity contribution in [3.05, 3.63) is 65.8 Å². The van der Waals surface area contributed by atoms with Gasteiger partial charge in [0.15, 0.2) is 6.61 Å². The van der Waals surface area contributed by atoms with Crippen molar-refractivity contribution in [2.75, 3.05) is 21.2 Å². The minimum atomic E-state index is -3.55. The van der Waals surface area contributed by atoms with Crippen molar-refractivity contribution < 1.29 is 27.2 Å². The number of methoxy groups -OCH3 is 1. The normalized spacial score (nSPS) is 11.4. The van der Waals surface area contributed by atoms with Crippen LogP contribution in [0.25, 0.3) is 0 Å². The van der Waals surface area contributed by atoms with E-state index in [0.29, 0.717) is 17.1 Å². The maximum atomic E-state index is 12.3. The van der Waals surface area contributed by atoms with Gasteiger partial charge in [-0.1, -0.05) is 5.16 Å². The van der Waals surface area contributed by atoms with Crippen LogP contribution in [0.2, 0.25) is 0 Å². The second-order valence-corrected chi connectivity index (χ2v) is 8.71. The number of nitrogens with zero attached hydrogens (tertiary/aromatic N) is 3. The zero-order chi connectivity index (χ0) is 22.4. The van der Waals surface area contributed by atoms with Crippen LogP contribution in [0.4, 0.5) is 0 Å². The summed E-state index contributed by atoms with van der Waals surface area (Å²) >= 11 is 0. The van der Waals surface area contributed by atoms with Crippen LogP contribution in [-0.4, -0.2) is 50.0 Å². The summed E-state index contributed by atoms with van der Waals surface area (Å²) in [4.78, 5) is 16.6. The molecule has 2 aromatic carbocycles. The third-order valence-electron chi connectivity index (χ3n) is 4.23. The van der Waals surface area contributed by atoms with E-state index in [1.54, 1.807) is 31.4 Å². The third kappa shape index (κ3) is 5.58. The van der Waals surface area contributed by atoms with E-state index in [1.165, 1.54) is 38.4 Å². The van der Waals surface area contributed by atoms with Crippen molar-refractivity contribution in [2.24, 2.45) is 0 Å². The van der Waals surface area contributed by atoms with Gasteiger partial charge < -0.3 is 19.3 Å². The first-order chi connectivity index (χ1) is 14.8. The molecule has 0 aliphatic rings. The Balaban J connectivity index is 1.52. The molecule has 11 heteroatoms. The van der Waals surface area contributed by atoms with Gasteiger partial charge in [0.1, 0.15) is 11.5 Å². The van der Waals surface area contributed by atoms with Crippen molar-refractivity contribution in [1.29, 1.82) is 0 Å². The molecule has 1 heterocycles. The summed E-state index contributed by atoms with van der Waals surface area (Å²) in [6.07, 6.45) is 0. The first-order valence-electron chi connectivity index (χ1n) is 9.18. The standard InChI is InChI=1S/C20H22N4O6S/c1-24(2)31(26,27)17-10-4-14(5-11-17)20(25)21-12-19-22-18(23-30-19)13-29-16-8-6-15(28-3)7-9-16/h4-11H,12-13H2,1-3H3,(H,21,25). The van der Waals surface area contributed by atoms with Gasteiger partial charge in [-0.3, -0.25) is 4.79 Å². The molecule has 0 aliphatic heterocycles. The van der Waals surface area contributed by atoms with Crippen molar-refractivity contribution in [3.8, 4) is 11.5 Å². The lowest BCUT2D eigenvalue weighted by molar-refractivity contribution is 0.0946. The Morgan fingerprint density at radius 1 is 1.06 bits per heavy atom. The van der Waals surface area contributed by atoms with E-state index in [4.69, 9.17) is 14.0 Å². The highest BCUT2D eigenvalue weighted by molar-refractivity contribution is 7.89. The second-order valence-electron chi connectivity index (χ2n) is 6.56. The molecule has 3 rings (SSSR count). The highest BCUT2D eigenvalue weighted by Crippen LogP contribution is 2.18. The average molecular weight is 446 g/mol. The number of benzene rings is 2. The molecule has 0 saturated carbocycles. The van der Waals surface area contributed by atoms with Crippen LogP contribution >= 0.6 is 0 Å². The Bertz CT molecular complexity index is 1130. The van der Waals surface area contributed by atoms with Crippen LogP contribution in [0, 0.1) is 0 Å². The van der Waals surface area contributed by atoms with Crippen molar-refractivity contribution in [3.63, 3.8) is 0 Å². The number of aromatic nitrogens is 2. The molecular weight excluding hydrogens is 424 g/mol. The average Bonchev–Trinajstić information content (AvgIpc) is 3.24. The Morgan fingerprint density at radius 2 is 1.71 bits per heavy atom. The summed E-state index contributed by atoms with van der Waals surface area (Å²) in [5, 5.41) is 6.46. The maximum Gasteiger partial charge on any atom is 0.251 e. The van der Waals surface area contributed by atoms with Crippen LogP contribution in [0.5, 0.6) is 11.5 Å². The number of ether oxygens (including phenoxy) is 2. The van der Waals surface area contributed by atoms with E-state index in [-0.39, 0.29) is 23.9 Å². The van der Waals surface area contributed by atoms with Gasteiger partial charge in [0.05, 0.1) is 18.6 Å². The number of sulfonamides is 1. The predicted molar refractivity (Wildman–Crippen MR) is 110 cm³/mol. The van der Waals surface area contributed by atoms with E-state index >= 15 is 0 Å². The number of carbonyl (C=O) groups excluding carboxylic acids is 1. The minimum Gasteiger partial charge on any atom is -0.497 e. The summed E-state index contributed by atoms with van der Waals surface area (Å²) in [5.41, 5.74) is 0.306. The fourth-order valence-corrected chi connectivity index (χ4v) is 3.39.